The first-order valence-corrected chi connectivity index (χ1v) is 7.92. The van der Waals surface area contributed by atoms with Gasteiger partial charge in [0.2, 0.25) is 5.95 Å². The molecule has 0 bridgehead atoms. The van der Waals surface area contributed by atoms with Gasteiger partial charge in [-0.15, -0.1) is 4.98 Å². The van der Waals surface area contributed by atoms with Gasteiger partial charge in [-0.2, -0.15) is 15.2 Å². The Bertz CT molecular complexity index is 757. The molecule has 8 nitrogen and oxygen atoms in total. The van der Waals surface area contributed by atoms with Gasteiger partial charge in [0.05, 0.1) is 6.07 Å². The summed E-state index contributed by atoms with van der Waals surface area (Å²) < 4.78 is 10.7. The van der Waals surface area contributed by atoms with Crippen molar-refractivity contribution < 1.29 is 14.3 Å². The first-order valence-electron chi connectivity index (χ1n) is 7.92. The molecule has 8 heteroatoms. The molecular formula is C17H19N5O3. The summed E-state index contributed by atoms with van der Waals surface area (Å²) in [6, 6.07) is 10.6. The number of anilines is 1. The minimum Gasteiger partial charge on any atom is -0.424 e. The molecule has 0 saturated carbocycles. The van der Waals surface area contributed by atoms with Gasteiger partial charge in [-0.1, -0.05) is 18.2 Å². The predicted molar refractivity (Wildman–Crippen MR) is 90.3 cm³/mol. The minimum absolute atomic E-state index is 0.00973. The summed E-state index contributed by atoms with van der Waals surface area (Å²) in [5.41, 5.74) is 0. The number of nitriles is 1. The van der Waals surface area contributed by atoms with Crippen LogP contribution in [0.4, 0.5) is 5.95 Å². The number of para-hydroxylation sites is 1. The molecule has 0 saturated heterocycles. The smallest absolute Gasteiger partial charge is 0.332 e. The molecule has 2 aromatic rings. The number of benzene rings is 1. The van der Waals surface area contributed by atoms with Crippen LogP contribution in [0.1, 0.15) is 20.8 Å². The fourth-order valence-electron chi connectivity index (χ4n) is 1.89. The number of carbonyl (C=O) groups excluding carboxylic acids is 1. The maximum atomic E-state index is 11.8. The van der Waals surface area contributed by atoms with E-state index in [1.165, 1.54) is 6.92 Å². The van der Waals surface area contributed by atoms with Crippen molar-refractivity contribution in [3.63, 3.8) is 0 Å². The van der Waals surface area contributed by atoms with E-state index in [0.29, 0.717) is 24.8 Å². The lowest BCUT2D eigenvalue weighted by Crippen LogP contribution is -2.25. The van der Waals surface area contributed by atoms with Crippen LogP contribution in [0.25, 0.3) is 0 Å². The Hall–Kier alpha value is -3.21. The van der Waals surface area contributed by atoms with Crippen LogP contribution in [0, 0.1) is 17.2 Å². The van der Waals surface area contributed by atoms with E-state index in [-0.39, 0.29) is 12.0 Å². The molecule has 0 aliphatic rings. The van der Waals surface area contributed by atoms with Crippen molar-refractivity contribution in [3.8, 4) is 23.8 Å². The molecular weight excluding hydrogens is 322 g/mol. The molecule has 0 aliphatic carbocycles. The van der Waals surface area contributed by atoms with E-state index < -0.39 is 11.9 Å². The fraction of sp³-hybridized carbons (Fsp3) is 0.353. The summed E-state index contributed by atoms with van der Waals surface area (Å²) >= 11 is 0. The predicted octanol–water partition coefficient (Wildman–Crippen LogP) is 2.58. The van der Waals surface area contributed by atoms with Crippen LogP contribution in [-0.4, -0.2) is 34.0 Å². The summed E-state index contributed by atoms with van der Waals surface area (Å²) in [6.45, 7) is 6.67. The first-order chi connectivity index (χ1) is 12.1. The summed E-state index contributed by atoms with van der Waals surface area (Å²) in [5, 5.41) is 8.81. The first kappa shape index (κ1) is 18.1. The molecule has 0 fully saturated rings. The van der Waals surface area contributed by atoms with E-state index >= 15 is 0 Å². The molecule has 0 amide bonds. The molecule has 0 aliphatic heterocycles. The Morgan fingerprint density at radius 1 is 1.16 bits per heavy atom. The molecule has 130 valence electrons. The number of esters is 1. The average molecular weight is 341 g/mol. The quantitative estimate of drug-likeness (QED) is 0.708. The van der Waals surface area contributed by atoms with E-state index in [1.54, 1.807) is 12.1 Å². The molecule has 2 rings (SSSR count). The van der Waals surface area contributed by atoms with Gasteiger partial charge in [0.25, 0.3) is 0 Å². The summed E-state index contributed by atoms with van der Waals surface area (Å²) in [7, 11) is 0. The molecule has 25 heavy (non-hydrogen) atoms. The highest BCUT2D eigenvalue weighted by Gasteiger charge is 2.19. The van der Waals surface area contributed by atoms with Crippen molar-refractivity contribution in [2.75, 3.05) is 18.0 Å². The molecule has 1 aromatic heterocycles. The van der Waals surface area contributed by atoms with Crippen molar-refractivity contribution in [2.24, 2.45) is 5.92 Å². The SMILES string of the molecule is CCN(CC)c1nc(OC(=O)C(C)C#N)nc(Oc2ccccc2)n1. The van der Waals surface area contributed by atoms with E-state index in [9.17, 15) is 4.79 Å². The highest BCUT2D eigenvalue weighted by Crippen LogP contribution is 2.22. The lowest BCUT2D eigenvalue weighted by molar-refractivity contribution is -0.137. The summed E-state index contributed by atoms with van der Waals surface area (Å²) in [5.74, 6) is -0.780. The average Bonchev–Trinajstić information content (AvgIpc) is 2.62. The van der Waals surface area contributed by atoms with E-state index in [4.69, 9.17) is 14.7 Å². The molecule has 0 spiro atoms. The number of ether oxygens (including phenoxy) is 2. The van der Waals surface area contributed by atoms with E-state index in [2.05, 4.69) is 15.0 Å². The van der Waals surface area contributed by atoms with Gasteiger partial charge in [-0.25, -0.2) is 0 Å². The second-order valence-corrected chi connectivity index (χ2v) is 5.06. The van der Waals surface area contributed by atoms with Gasteiger partial charge in [0.15, 0.2) is 0 Å². The Morgan fingerprint density at radius 2 is 1.80 bits per heavy atom. The molecule has 1 heterocycles. The Balaban J connectivity index is 2.34. The standard InChI is InChI=1S/C17H19N5O3/c1-4-22(5-2)15-19-16(24-13-9-7-6-8-10-13)21-17(20-15)25-14(23)12(3)11-18/h6-10,12H,4-5H2,1-3H3. The van der Waals surface area contributed by atoms with Crippen molar-refractivity contribution >= 4 is 11.9 Å². The van der Waals surface area contributed by atoms with Crippen molar-refractivity contribution in [3.05, 3.63) is 30.3 Å². The van der Waals surface area contributed by atoms with Crippen LogP contribution >= 0.6 is 0 Å². The van der Waals surface area contributed by atoms with Crippen LogP contribution in [0.2, 0.25) is 0 Å². The highest BCUT2D eigenvalue weighted by atomic mass is 16.6. The van der Waals surface area contributed by atoms with Crippen molar-refractivity contribution in [1.82, 2.24) is 15.0 Å². The van der Waals surface area contributed by atoms with E-state index in [1.807, 2.05) is 43.0 Å². The normalized spacial score (nSPS) is 11.3. The molecule has 0 N–H and O–H groups in total. The van der Waals surface area contributed by atoms with Gasteiger partial charge >= 0.3 is 18.0 Å². The third-order valence-corrected chi connectivity index (χ3v) is 3.32. The molecule has 0 radical (unpaired) electrons. The fourth-order valence-corrected chi connectivity index (χ4v) is 1.89. The molecule has 1 aromatic carbocycles. The number of aromatic nitrogens is 3. The second kappa shape index (κ2) is 8.59. The zero-order valence-corrected chi connectivity index (χ0v) is 14.3. The Morgan fingerprint density at radius 3 is 2.40 bits per heavy atom. The zero-order valence-electron chi connectivity index (χ0n) is 14.3. The number of carbonyl (C=O) groups is 1. The van der Waals surface area contributed by atoms with Gasteiger partial charge in [0.1, 0.15) is 11.7 Å². The van der Waals surface area contributed by atoms with Crippen molar-refractivity contribution in [2.45, 2.75) is 20.8 Å². The monoisotopic (exact) mass is 341 g/mol. The van der Waals surface area contributed by atoms with Gasteiger partial charge in [-0.05, 0) is 32.9 Å². The van der Waals surface area contributed by atoms with Crippen LogP contribution in [0.15, 0.2) is 30.3 Å². The summed E-state index contributed by atoms with van der Waals surface area (Å²) in [4.78, 5) is 26.1. The Labute approximate surface area is 146 Å². The largest absolute Gasteiger partial charge is 0.424 e. The van der Waals surface area contributed by atoms with Crippen LogP contribution in [0.3, 0.4) is 0 Å². The molecule has 1 unspecified atom stereocenters. The van der Waals surface area contributed by atoms with Gasteiger partial charge in [0, 0.05) is 13.1 Å². The Kier molecular flexibility index (Phi) is 6.23. The number of hydrogen-bond acceptors (Lipinski definition) is 8. The van der Waals surface area contributed by atoms with Crippen LogP contribution < -0.4 is 14.4 Å². The second-order valence-electron chi connectivity index (χ2n) is 5.06. The minimum atomic E-state index is -0.924. The number of hydrogen-bond donors (Lipinski definition) is 0. The topological polar surface area (TPSA) is 101 Å². The third kappa shape index (κ3) is 4.88. The van der Waals surface area contributed by atoms with Gasteiger partial charge in [-0.3, -0.25) is 4.79 Å². The lowest BCUT2D eigenvalue weighted by atomic mass is 10.2. The van der Waals surface area contributed by atoms with Crippen LogP contribution in [-0.2, 0) is 4.79 Å². The molecule has 1 atom stereocenters. The lowest BCUT2D eigenvalue weighted by Gasteiger charge is -2.19. The zero-order chi connectivity index (χ0) is 18.2. The number of rotatable bonds is 7. The third-order valence-electron chi connectivity index (χ3n) is 3.32. The van der Waals surface area contributed by atoms with Crippen molar-refractivity contribution in [1.29, 1.82) is 5.26 Å². The highest BCUT2D eigenvalue weighted by molar-refractivity contribution is 5.76. The van der Waals surface area contributed by atoms with E-state index in [0.717, 1.165) is 0 Å². The maximum absolute atomic E-state index is 11.8. The maximum Gasteiger partial charge on any atom is 0.332 e. The van der Waals surface area contributed by atoms with Gasteiger partial charge < -0.3 is 14.4 Å². The summed E-state index contributed by atoms with van der Waals surface area (Å²) in [6.07, 6.45) is 0. The van der Waals surface area contributed by atoms with Crippen LogP contribution in [0.5, 0.6) is 17.8 Å². The number of nitrogens with zero attached hydrogens (tertiary/aromatic N) is 5.